The molecule has 0 aliphatic carbocycles. The average molecular weight is 339 g/mol. The van der Waals surface area contributed by atoms with Gasteiger partial charge < -0.3 is 10.4 Å². The molecule has 1 aromatic heterocycles. The fraction of sp³-hybridized carbons (Fsp3) is 0. The summed E-state index contributed by atoms with van der Waals surface area (Å²) >= 11 is 3.17. The Labute approximate surface area is 121 Å². The molecule has 0 saturated carbocycles. The second-order valence-electron chi connectivity index (χ2n) is 3.85. The first-order chi connectivity index (χ1) is 9.47. The standard InChI is InChI=1S/C13H8BrFN2O3/c14-9-1-2-10(15)11(4-9)17-12(18)7-3-8(13(19)20)6-16-5-7/h1-6H,(H,17,18)(H,19,20). The topological polar surface area (TPSA) is 79.3 Å². The number of nitrogens with zero attached hydrogens (tertiary/aromatic N) is 1. The van der Waals surface area contributed by atoms with Crippen molar-refractivity contribution in [3.63, 3.8) is 0 Å². The van der Waals surface area contributed by atoms with Gasteiger partial charge in [-0.25, -0.2) is 9.18 Å². The number of amides is 1. The van der Waals surface area contributed by atoms with Crippen LogP contribution in [0.15, 0.2) is 41.1 Å². The number of carboxylic acids is 1. The van der Waals surface area contributed by atoms with Gasteiger partial charge in [0, 0.05) is 16.9 Å². The summed E-state index contributed by atoms with van der Waals surface area (Å²) in [6.45, 7) is 0. The summed E-state index contributed by atoms with van der Waals surface area (Å²) < 4.78 is 14.1. The van der Waals surface area contributed by atoms with Crippen molar-refractivity contribution in [2.75, 3.05) is 5.32 Å². The molecular formula is C13H8BrFN2O3. The van der Waals surface area contributed by atoms with Crippen LogP contribution in [0.3, 0.4) is 0 Å². The molecule has 102 valence electrons. The maximum absolute atomic E-state index is 13.5. The highest BCUT2D eigenvalue weighted by Crippen LogP contribution is 2.20. The third kappa shape index (κ3) is 3.18. The Balaban J connectivity index is 2.26. The first-order valence-electron chi connectivity index (χ1n) is 5.42. The molecule has 2 rings (SSSR count). The van der Waals surface area contributed by atoms with Crippen LogP contribution in [-0.2, 0) is 0 Å². The van der Waals surface area contributed by atoms with Crippen molar-refractivity contribution in [3.8, 4) is 0 Å². The van der Waals surface area contributed by atoms with Crippen LogP contribution in [0.4, 0.5) is 10.1 Å². The minimum Gasteiger partial charge on any atom is -0.478 e. The summed E-state index contributed by atoms with van der Waals surface area (Å²) in [7, 11) is 0. The van der Waals surface area contributed by atoms with Crippen LogP contribution in [0.2, 0.25) is 0 Å². The van der Waals surface area contributed by atoms with Gasteiger partial charge in [0.05, 0.1) is 16.8 Å². The Morgan fingerprint density at radius 1 is 1.20 bits per heavy atom. The van der Waals surface area contributed by atoms with Gasteiger partial charge in [-0.3, -0.25) is 9.78 Å². The number of aromatic carboxylic acids is 1. The lowest BCUT2D eigenvalue weighted by molar-refractivity contribution is 0.0696. The zero-order valence-electron chi connectivity index (χ0n) is 9.93. The molecule has 1 amide bonds. The monoisotopic (exact) mass is 338 g/mol. The Bertz CT molecular complexity index is 691. The number of hydrogen-bond donors (Lipinski definition) is 2. The molecule has 0 saturated heterocycles. The number of halogens is 2. The molecule has 2 aromatic rings. The molecule has 0 spiro atoms. The number of aromatic nitrogens is 1. The van der Waals surface area contributed by atoms with Gasteiger partial charge in [-0.1, -0.05) is 15.9 Å². The zero-order valence-corrected chi connectivity index (χ0v) is 11.5. The Kier molecular flexibility index (Phi) is 4.09. The molecule has 7 heteroatoms. The molecule has 1 aromatic carbocycles. The van der Waals surface area contributed by atoms with Crippen molar-refractivity contribution in [1.82, 2.24) is 4.98 Å². The Hall–Kier alpha value is -2.28. The molecular weight excluding hydrogens is 331 g/mol. The number of rotatable bonds is 3. The van der Waals surface area contributed by atoms with Crippen molar-refractivity contribution >= 4 is 33.5 Å². The predicted molar refractivity (Wildman–Crippen MR) is 73.2 cm³/mol. The van der Waals surface area contributed by atoms with E-state index >= 15 is 0 Å². The molecule has 0 aliphatic rings. The van der Waals surface area contributed by atoms with Crippen LogP contribution >= 0.6 is 15.9 Å². The lowest BCUT2D eigenvalue weighted by Gasteiger charge is -2.07. The van der Waals surface area contributed by atoms with E-state index < -0.39 is 17.7 Å². The van der Waals surface area contributed by atoms with Crippen molar-refractivity contribution in [1.29, 1.82) is 0 Å². The minimum absolute atomic E-state index is 0.00916. The fourth-order valence-corrected chi connectivity index (χ4v) is 1.83. The van der Waals surface area contributed by atoms with Crippen molar-refractivity contribution in [2.45, 2.75) is 0 Å². The van der Waals surface area contributed by atoms with Gasteiger partial charge in [0.25, 0.3) is 5.91 Å². The number of hydrogen-bond acceptors (Lipinski definition) is 3. The van der Waals surface area contributed by atoms with E-state index in [1.165, 1.54) is 30.5 Å². The van der Waals surface area contributed by atoms with Gasteiger partial charge in [0.2, 0.25) is 0 Å². The number of anilines is 1. The van der Waals surface area contributed by atoms with Gasteiger partial charge in [-0.2, -0.15) is 0 Å². The van der Waals surface area contributed by atoms with E-state index in [2.05, 4.69) is 26.2 Å². The van der Waals surface area contributed by atoms with E-state index in [1.807, 2.05) is 0 Å². The van der Waals surface area contributed by atoms with Gasteiger partial charge in [-0.05, 0) is 24.3 Å². The number of pyridine rings is 1. The molecule has 0 radical (unpaired) electrons. The third-order valence-corrected chi connectivity index (χ3v) is 2.92. The average Bonchev–Trinajstić information content (AvgIpc) is 2.43. The number of carbonyl (C=O) groups is 2. The summed E-state index contributed by atoms with van der Waals surface area (Å²) in [5, 5.41) is 11.2. The fourth-order valence-electron chi connectivity index (χ4n) is 1.47. The van der Waals surface area contributed by atoms with Gasteiger partial charge in [-0.15, -0.1) is 0 Å². The van der Waals surface area contributed by atoms with Gasteiger partial charge >= 0.3 is 5.97 Å². The number of carbonyl (C=O) groups excluding carboxylic acids is 1. The first-order valence-corrected chi connectivity index (χ1v) is 6.21. The zero-order chi connectivity index (χ0) is 14.7. The molecule has 0 bridgehead atoms. The predicted octanol–water partition coefficient (Wildman–Crippen LogP) is 2.93. The van der Waals surface area contributed by atoms with Crippen LogP contribution in [-0.4, -0.2) is 22.0 Å². The largest absolute Gasteiger partial charge is 0.478 e. The van der Waals surface area contributed by atoms with E-state index in [-0.39, 0.29) is 16.8 Å². The van der Waals surface area contributed by atoms with E-state index in [4.69, 9.17) is 5.11 Å². The van der Waals surface area contributed by atoms with Crippen LogP contribution in [0.1, 0.15) is 20.7 Å². The van der Waals surface area contributed by atoms with E-state index in [9.17, 15) is 14.0 Å². The highest BCUT2D eigenvalue weighted by Gasteiger charge is 2.12. The van der Waals surface area contributed by atoms with E-state index in [1.54, 1.807) is 0 Å². The number of nitrogens with one attached hydrogen (secondary N) is 1. The first kappa shape index (κ1) is 14.1. The Morgan fingerprint density at radius 2 is 1.90 bits per heavy atom. The minimum atomic E-state index is -1.19. The van der Waals surface area contributed by atoms with Crippen LogP contribution < -0.4 is 5.32 Å². The molecule has 0 fully saturated rings. The summed E-state index contributed by atoms with van der Waals surface area (Å²) in [5.41, 5.74) is -0.0956. The summed E-state index contributed by atoms with van der Waals surface area (Å²) in [4.78, 5) is 26.4. The highest BCUT2D eigenvalue weighted by atomic mass is 79.9. The lowest BCUT2D eigenvalue weighted by Crippen LogP contribution is -2.14. The second kappa shape index (κ2) is 5.79. The maximum Gasteiger partial charge on any atom is 0.337 e. The molecule has 20 heavy (non-hydrogen) atoms. The number of benzene rings is 1. The maximum atomic E-state index is 13.5. The van der Waals surface area contributed by atoms with Crippen molar-refractivity contribution in [3.05, 3.63) is 58.1 Å². The molecule has 1 heterocycles. The van der Waals surface area contributed by atoms with Gasteiger partial charge in [0.15, 0.2) is 0 Å². The molecule has 0 aliphatic heterocycles. The van der Waals surface area contributed by atoms with Crippen LogP contribution in [0.5, 0.6) is 0 Å². The quantitative estimate of drug-likeness (QED) is 0.901. The van der Waals surface area contributed by atoms with Crippen LogP contribution in [0, 0.1) is 5.82 Å². The number of carboxylic acid groups (broad SMARTS) is 1. The summed E-state index contributed by atoms with van der Waals surface area (Å²) in [6, 6.07) is 5.27. The Morgan fingerprint density at radius 3 is 2.60 bits per heavy atom. The summed E-state index contributed by atoms with van der Waals surface area (Å²) in [5.74, 6) is -2.43. The van der Waals surface area contributed by atoms with E-state index in [0.717, 1.165) is 6.20 Å². The second-order valence-corrected chi connectivity index (χ2v) is 4.76. The molecule has 0 atom stereocenters. The normalized spacial score (nSPS) is 10.1. The van der Waals surface area contributed by atoms with Gasteiger partial charge in [0.1, 0.15) is 5.82 Å². The molecule has 5 nitrogen and oxygen atoms in total. The highest BCUT2D eigenvalue weighted by molar-refractivity contribution is 9.10. The molecule has 2 N–H and O–H groups in total. The lowest BCUT2D eigenvalue weighted by atomic mass is 10.2. The van der Waals surface area contributed by atoms with Crippen molar-refractivity contribution < 1.29 is 19.1 Å². The third-order valence-electron chi connectivity index (χ3n) is 2.42. The smallest absolute Gasteiger partial charge is 0.337 e. The van der Waals surface area contributed by atoms with Crippen LogP contribution in [0.25, 0.3) is 0 Å². The van der Waals surface area contributed by atoms with Crippen molar-refractivity contribution in [2.24, 2.45) is 0 Å². The molecule has 0 unspecified atom stereocenters. The summed E-state index contributed by atoms with van der Waals surface area (Å²) in [6.07, 6.45) is 2.33. The SMILES string of the molecule is O=C(O)c1cncc(C(=O)Nc2cc(Br)ccc2F)c1. The van der Waals surface area contributed by atoms with E-state index in [0.29, 0.717) is 4.47 Å².